The molecule has 15 heteroatoms. The number of aliphatic hydroxyl groups is 1. The molecule has 0 bridgehead atoms. The summed E-state index contributed by atoms with van der Waals surface area (Å²) in [6.45, 7) is 3.72. The Morgan fingerprint density at radius 1 is 1.06 bits per heavy atom. The third kappa shape index (κ3) is 7.32. The van der Waals surface area contributed by atoms with E-state index in [-0.39, 0.29) is 23.4 Å². The Bertz CT molecular complexity index is 2220. The van der Waals surface area contributed by atoms with E-state index >= 15 is 0 Å². The molecule has 51 heavy (non-hydrogen) atoms. The summed E-state index contributed by atoms with van der Waals surface area (Å²) in [5.74, 6) is -1.06. The van der Waals surface area contributed by atoms with Crippen molar-refractivity contribution in [2.75, 3.05) is 0 Å². The molecule has 0 spiro atoms. The summed E-state index contributed by atoms with van der Waals surface area (Å²) in [7, 11) is 1.73. The first-order chi connectivity index (χ1) is 23.8. The van der Waals surface area contributed by atoms with Crippen molar-refractivity contribution in [1.29, 1.82) is 0 Å². The standard InChI is InChI=1S/C36H31F7N6O2/c1-19-24-6-5-7-26(31(24)48(4)46-19)25-9-8-23(10-12-34(2,3)51)44-30(25)28(16-20-14-21(37)17-22(38)15-20)45-29(50)18-49-33-27(11-13-35(33,39)40)32(47-49)36(41,42)43/h5-9,14-15,17,28,51H,11,13,16,18H2,1-4H3,(H,45,50)/t28-/m0/s1. The lowest BCUT2D eigenvalue weighted by molar-refractivity contribution is -0.142. The molecule has 8 nitrogen and oxygen atoms in total. The summed E-state index contributed by atoms with van der Waals surface area (Å²) < 4.78 is 102. The van der Waals surface area contributed by atoms with Gasteiger partial charge < -0.3 is 10.4 Å². The number of nitrogens with zero attached hydrogens (tertiary/aromatic N) is 5. The van der Waals surface area contributed by atoms with Crippen LogP contribution in [0.3, 0.4) is 0 Å². The first-order valence-corrected chi connectivity index (χ1v) is 15.8. The Balaban J connectivity index is 1.50. The fourth-order valence-electron chi connectivity index (χ4n) is 6.43. The molecule has 2 N–H and O–H groups in total. The average Bonchev–Trinajstić information content (AvgIpc) is 3.65. The van der Waals surface area contributed by atoms with Crippen LogP contribution in [0.15, 0.2) is 48.5 Å². The summed E-state index contributed by atoms with van der Waals surface area (Å²) >= 11 is 0. The number of rotatable bonds is 7. The number of aromatic nitrogens is 5. The van der Waals surface area contributed by atoms with Crippen LogP contribution in [0.4, 0.5) is 30.7 Å². The Hall–Kier alpha value is -5.23. The van der Waals surface area contributed by atoms with Gasteiger partial charge in [-0.05, 0) is 69.4 Å². The minimum absolute atomic E-state index is 0.0824. The minimum atomic E-state index is -5.04. The van der Waals surface area contributed by atoms with Crippen molar-refractivity contribution in [1.82, 2.24) is 29.9 Å². The normalized spacial score (nSPS) is 14.7. The molecule has 0 unspecified atom stereocenters. The SMILES string of the molecule is Cc1nn(C)c2c(-c3ccc(C#CC(C)(C)O)nc3[C@H](Cc3cc(F)cc(F)c3)NC(=O)Cn3nc(C(F)(F)F)c4c3C(F)(F)CC4)cccc12. The van der Waals surface area contributed by atoms with E-state index in [4.69, 9.17) is 4.98 Å². The number of para-hydroxylation sites is 1. The molecule has 0 saturated heterocycles. The van der Waals surface area contributed by atoms with Gasteiger partial charge in [-0.3, -0.25) is 14.2 Å². The predicted octanol–water partition coefficient (Wildman–Crippen LogP) is 6.70. The summed E-state index contributed by atoms with van der Waals surface area (Å²) in [5.41, 5.74) is -1.76. The van der Waals surface area contributed by atoms with E-state index < -0.39 is 77.6 Å². The number of amides is 1. The monoisotopic (exact) mass is 712 g/mol. The molecular formula is C36H31F7N6O2. The van der Waals surface area contributed by atoms with Crippen LogP contribution in [0.1, 0.15) is 65.9 Å². The Labute approximate surface area is 287 Å². The van der Waals surface area contributed by atoms with Gasteiger partial charge in [0.25, 0.3) is 5.92 Å². The van der Waals surface area contributed by atoms with Gasteiger partial charge in [0.15, 0.2) is 5.69 Å². The van der Waals surface area contributed by atoms with E-state index in [1.807, 2.05) is 13.0 Å². The van der Waals surface area contributed by atoms with Gasteiger partial charge in [0.05, 0.1) is 22.9 Å². The van der Waals surface area contributed by atoms with Crippen molar-refractivity contribution in [3.8, 4) is 23.0 Å². The second-order valence-corrected chi connectivity index (χ2v) is 13.0. The number of hydrogen-bond acceptors (Lipinski definition) is 5. The maximum Gasteiger partial charge on any atom is 0.435 e. The number of nitrogens with one attached hydrogen (secondary N) is 1. The van der Waals surface area contributed by atoms with E-state index in [1.165, 1.54) is 13.8 Å². The van der Waals surface area contributed by atoms with Crippen LogP contribution in [0, 0.1) is 30.4 Å². The second kappa shape index (κ2) is 12.8. The first-order valence-electron chi connectivity index (χ1n) is 15.8. The van der Waals surface area contributed by atoms with Crippen LogP contribution in [-0.4, -0.2) is 41.2 Å². The Morgan fingerprint density at radius 2 is 1.76 bits per heavy atom. The van der Waals surface area contributed by atoms with Crippen molar-refractivity contribution in [2.45, 2.75) is 70.3 Å². The molecule has 0 fully saturated rings. The van der Waals surface area contributed by atoms with Gasteiger partial charge in [0.1, 0.15) is 35.2 Å². The molecule has 1 atom stereocenters. The largest absolute Gasteiger partial charge is 0.435 e. The van der Waals surface area contributed by atoms with E-state index in [1.54, 1.807) is 36.0 Å². The van der Waals surface area contributed by atoms with Gasteiger partial charge in [-0.25, -0.2) is 13.8 Å². The second-order valence-electron chi connectivity index (χ2n) is 13.0. The van der Waals surface area contributed by atoms with Crippen molar-refractivity contribution in [2.24, 2.45) is 7.05 Å². The third-order valence-electron chi connectivity index (χ3n) is 8.44. The zero-order valence-corrected chi connectivity index (χ0v) is 27.8. The molecule has 0 saturated carbocycles. The van der Waals surface area contributed by atoms with E-state index in [9.17, 15) is 40.6 Å². The van der Waals surface area contributed by atoms with Crippen LogP contribution in [-0.2, 0) is 43.3 Å². The lowest BCUT2D eigenvalue weighted by atomic mass is 9.93. The summed E-state index contributed by atoms with van der Waals surface area (Å²) in [6, 6.07) is 10.2. The summed E-state index contributed by atoms with van der Waals surface area (Å²) in [4.78, 5) is 18.4. The van der Waals surface area contributed by atoms with Crippen LogP contribution >= 0.6 is 0 Å². The number of carbonyl (C=O) groups is 1. The molecule has 1 amide bonds. The van der Waals surface area contributed by atoms with Crippen LogP contribution in [0.5, 0.6) is 0 Å². The molecule has 0 radical (unpaired) electrons. The van der Waals surface area contributed by atoms with Gasteiger partial charge in [-0.2, -0.15) is 32.1 Å². The molecule has 2 aromatic carbocycles. The fraction of sp³-hybridized carbons (Fsp3) is 0.333. The molecule has 1 aliphatic carbocycles. The smallest absolute Gasteiger partial charge is 0.378 e. The van der Waals surface area contributed by atoms with Crippen molar-refractivity contribution >= 4 is 16.8 Å². The molecule has 1 aliphatic rings. The van der Waals surface area contributed by atoms with Gasteiger partial charge >= 0.3 is 6.18 Å². The number of hydrogen-bond donors (Lipinski definition) is 2. The first kappa shape index (κ1) is 35.6. The highest BCUT2D eigenvalue weighted by Crippen LogP contribution is 2.46. The lowest BCUT2D eigenvalue weighted by Crippen LogP contribution is -2.35. The number of fused-ring (bicyclic) bond motifs is 2. The zero-order valence-electron chi connectivity index (χ0n) is 27.8. The van der Waals surface area contributed by atoms with Gasteiger partial charge in [0, 0.05) is 41.6 Å². The van der Waals surface area contributed by atoms with E-state index in [0.717, 1.165) is 23.2 Å². The van der Waals surface area contributed by atoms with Gasteiger partial charge in [0.2, 0.25) is 5.91 Å². The summed E-state index contributed by atoms with van der Waals surface area (Å²) in [6.07, 6.45) is -6.77. The molecule has 3 heterocycles. The minimum Gasteiger partial charge on any atom is -0.378 e. The lowest BCUT2D eigenvalue weighted by Gasteiger charge is -2.23. The molecule has 266 valence electrons. The number of carbonyl (C=O) groups excluding carboxylic acids is 1. The Morgan fingerprint density at radius 3 is 2.43 bits per heavy atom. The number of halogens is 7. The number of benzene rings is 2. The van der Waals surface area contributed by atoms with Crippen molar-refractivity contribution < 1.29 is 40.6 Å². The number of pyridine rings is 1. The van der Waals surface area contributed by atoms with Crippen LogP contribution in [0.25, 0.3) is 22.0 Å². The Kier molecular flexibility index (Phi) is 8.95. The average molecular weight is 713 g/mol. The number of aryl methyl sites for hydroxylation is 2. The van der Waals surface area contributed by atoms with E-state index in [0.29, 0.717) is 27.4 Å². The third-order valence-corrected chi connectivity index (χ3v) is 8.44. The van der Waals surface area contributed by atoms with Crippen LogP contribution < -0.4 is 5.32 Å². The molecule has 3 aromatic heterocycles. The van der Waals surface area contributed by atoms with Gasteiger partial charge in [-0.1, -0.05) is 24.1 Å². The maximum atomic E-state index is 14.9. The number of alkyl halides is 5. The van der Waals surface area contributed by atoms with Gasteiger partial charge in [-0.15, -0.1) is 0 Å². The predicted molar refractivity (Wildman–Crippen MR) is 172 cm³/mol. The zero-order chi connectivity index (χ0) is 37.0. The molecule has 0 aliphatic heterocycles. The molecule has 6 rings (SSSR count). The summed E-state index contributed by atoms with van der Waals surface area (Å²) in [5, 5.41) is 21.6. The molecular weight excluding hydrogens is 681 g/mol. The molecule has 5 aromatic rings. The van der Waals surface area contributed by atoms with Crippen molar-refractivity contribution in [3.63, 3.8) is 0 Å². The highest BCUT2D eigenvalue weighted by atomic mass is 19.4. The fourth-order valence-corrected chi connectivity index (χ4v) is 6.43. The van der Waals surface area contributed by atoms with Crippen molar-refractivity contribution in [3.05, 3.63) is 99.8 Å². The van der Waals surface area contributed by atoms with E-state index in [2.05, 4.69) is 27.4 Å². The highest BCUT2D eigenvalue weighted by molar-refractivity contribution is 5.96. The quantitative estimate of drug-likeness (QED) is 0.145. The van der Waals surface area contributed by atoms with Crippen LogP contribution in [0.2, 0.25) is 0 Å². The topological polar surface area (TPSA) is 97.9 Å². The maximum absolute atomic E-state index is 14.9. The highest BCUT2D eigenvalue weighted by Gasteiger charge is 2.50.